The van der Waals surface area contributed by atoms with E-state index in [-0.39, 0.29) is 0 Å². The molecule has 4 nitrogen and oxygen atoms in total. The van der Waals surface area contributed by atoms with Crippen LogP contribution in [-0.4, -0.2) is 14.6 Å². The zero-order chi connectivity index (χ0) is 11.1. The van der Waals surface area contributed by atoms with Crippen LogP contribution in [0, 0.1) is 15.0 Å². The molecule has 0 amide bonds. The second-order valence-corrected chi connectivity index (χ2v) is 4.94. The molecule has 0 aromatic carbocycles. The standard InChI is InChI=1S/C10H9IN4/c1-10(2,6-12)7-3-9-13-5-8(11)15(9)14-4-7/h3-5H,1-2H3. The van der Waals surface area contributed by atoms with Gasteiger partial charge in [-0.1, -0.05) is 0 Å². The molecule has 0 radical (unpaired) electrons. The minimum absolute atomic E-state index is 0.522. The Balaban J connectivity index is 2.63. The zero-order valence-corrected chi connectivity index (χ0v) is 10.6. The van der Waals surface area contributed by atoms with Gasteiger partial charge < -0.3 is 0 Å². The molecule has 0 bridgehead atoms. The number of imidazole rings is 1. The molecule has 0 aliphatic rings. The highest BCUT2D eigenvalue weighted by Crippen LogP contribution is 2.22. The Bertz CT molecular complexity index is 550. The number of nitriles is 1. The first-order valence-electron chi connectivity index (χ1n) is 4.45. The van der Waals surface area contributed by atoms with Crippen LogP contribution in [0.15, 0.2) is 18.5 Å². The summed E-state index contributed by atoms with van der Waals surface area (Å²) >= 11 is 2.17. The van der Waals surface area contributed by atoms with E-state index in [1.54, 1.807) is 16.9 Å². The van der Waals surface area contributed by atoms with Gasteiger partial charge in [-0.15, -0.1) is 0 Å². The van der Waals surface area contributed by atoms with E-state index in [1.807, 2.05) is 19.9 Å². The van der Waals surface area contributed by atoms with Gasteiger partial charge in [-0.3, -0.25) is 0 Å². The molecule has 0 fully saturated rings. The van der Waals surface area contributed by atoms with Crippen molar-refractivity contribution in [3.05, 3.63) is 27.7 Å². The summed E-state index contributed by atoms with van der Waals surface area (Å²) in [6, 6.07) is 4.15. The fourth-order valence-corrected chi connectivity index (χ4v) is 1.76. The average Bonchev–Trinajstić information content (AvgIpc) is 2.60. The van der Waals surface area contributed by atoms with Crippen LogP contribution in [0.25, 0.3) is 5.65 Å². The lowest BCUT2D eigenvalue weighted by atomic mass is 9.88. The summed E-state index contributed by atoms with van der Waals surface area (Å²) in [5.74, 6) is 0. The fraction of sp³-hybridized carbons (Fsp3) is 0.300. The van der Waals surface area contributed by atoms with E-state index < -0.39 is 5.41 Å². The molecule has 0 aliphatic carbocycles. The molecule has 15 heavy (non-hydrogen) atoms. The molecule has 0 N–H and O–H groups in total. The van der Waals surface area contributed by atoms with Gasteiger partial charge in [0.05, 0.1) is 23.9 Å². The van der Waals surface area contributed by atoms with Gasteiger partial charge in [-0.25, -0.2) is 9.50 Å². The van der Waals surface area contributed by atoms with Gasteiger partial charge in [-0.2, -0.15) is 10.4 Å². The van der Waals surface area contributed by atoms with Crippen LogP contribution in [0.5, 0.6) is 0 Å². The monoisotopic (exact) mass is 312 g/mol. The highest BCUT2D eigenvalue weighted by atomic mass is 127. The molecule has 0 saturated heterocycles. The van der Waals surface area contributed by atoms with Crippen molar-refractivity contribution >= 4 is 28.2 Å². The van der Waals surface area contributed by atoms with Gasteiger partial charge in [-0.05, 0) is 48.1 Å². The largest absolute Gasteiger partial charge is 0.234 e. The van der Waals surface area contributed by atoms with Crippen LogP contribution in [0.2, 0.25) is 0 Å². The number of rotatable bonds is 1. The summed E-state index contributed by atoms with van der Waals surface area (Å²) in [4.78, 5) is 4.21. The molecular weight excluding hydrogens is 303 g/mol. The molecule has 0 atom stereocenters. The third-order valence-electron chi connectivity index (χ3n) is 2.32. The normalized spacial score (nSPS) is 11.6. The maximum absolute atomic E-state index is 9.02. The SMILES string of the molecule is CC(C)(C#N)c1cnn2c(I)cnc2c1. The maximum atomic E-state index is 9.02. The van der Waals surface area contributed by atoms with Gasteiger partial charge in [0.2, 0.25) is 0 Å². The maximum Gasteiger partial charge on any atom is 0.155 e. The minimum atomic E-state index is -0.522. The second-order valence-electron chi connectivity index (χ2n) is 3.83. The van der Waals surface area contributed by atoms with E-state index in [4.69, 9.17) is 5.26 Å². The van der Waals surface area contributed by atoms with Crippen molar-refractivity contribution in [1.29, 1.82) is 5.26 Å². The number of fused-ring (bicyclic) bond motifs is 1. The third-order valence-corrected chi connectivity index (χ3v) is 3.06. The Morgan fingerprint density at radius 2 is 2.20 bits per heavy atom. The van der Waals surface area contributed by atoms with Crippen LogP contribution in [-0.2, 0) is 5.41 Å². The van der Waals surface area contributed by atoms with Gasteiger partial charge >= 0.3 is 0 Å². The third kappa shape index (κ3) is 1.69. The Morgan fingerprint density at radius 1 is 1.47 bits per heavy atom. The van der Waals surface area contributed by atoms with Gasteiger partial charge in [0.15, 0.2) is 5.65 Å². The molecule has 2 aromatic heterocycles. The van der Waals surface area contributed by atoms with Crippen LogP contribution >= 0.6 is 22.6 Å². The van der Waals surface area contributed by atoms with Gasteiger partial charge in [0.25, 0.3) is 0 Å². The summed E-state index contributed by atoms with van der Waals surface area (Å²) in [5, 5.41) is 13.3. The molecular formula is C10H9IN4. The molecule has 2 heterocycles. The Labute approximate surface area is 101 Å². The average molecular weight is 312 g/mol. The van der Waals surface area contributed by atoms with E-state index in [0.717, 1.165) is 14.9 Å². The zero-order valence-electron chi connectivity index (χ0n) is 8.40. The lowest BCUT2D eigenvalue weighted by Crippen LogP contribution is -2.15. The van der Waals surface area contributed by atoms with Crippen molar-refractivity contribution < 1.29 is 0 Å². The van der Waals surface area contributed by atoms with Crippen molar-refractivity contribution in [3.63, 3.8) is 0 Å². The predicted molar refractivity (Wildman–Crippen MR) is 64.3 cm³/mol. The molecule has 2 aromatic rings. The quantitative estimate of drug-likeness (QED) is 0.758. The van der Waals surface area contributed by atoms with Crippen molar-refractivity contribution in [3.8, 4) is 6.07 Å². The summed E-state index contributed by atoms with van der Waals surface area (Å²) < 4.78 is 2.71. The molecule has 0 aliphatic heterocycles. The smallest absolute Gasteiger partial charge is 0.155 e. The summed E-state index contributed by atoms with van der Waals surface area (Å²) in [7, 11) is 0. The second kappa shape index (κ2) is 3.45. The Kier molecular flexibility index (Phi) is 2.38. The van der Waals surface area contributed by atoms with Crippen LogP contribution in [0.3, 0.4) is 0 Å². The minimum Gasteiger partial charge on any atom is -0.234 e. The van der Waals surface area contributed by atoms with Crippen molar-refractivity contribution in [2.24, 2.45) is 0 Å². The highest BCUT2D eigenvalue weighted by Gasteiger charge is 2.21. The lowest BCUT2D eigenvalue weighted by Gasteiger charge is -2.14. The number of nitrogens with zero attached hydrogens (tertiary/aromatic N) is 4. The summed E-state index contributed by atoms with van der Waals surface area (Å²) in [6.07, 6.45) is 3.48. The summed E-state index contributed by atoms with van der Waals surface area (Å²) in [5.41, 5.74) is 1.14. The Morgan fingerprint density at radius 3 is 2.87 bits per heavy atom. The van der Waals surface area contributed by atoms with E-state index in [9.17, 15) is 0 Å². The number of halogens is 1. The molecule has 0 spiro atoms. The Hall–Kier alpha value is -1.16. The van der Waals surface area contributed by atoms with E-state index in [0.29, 0.717) is 0 Å². The number of hydrogen-bond donors (Lipinski definition) is 0. The highest BCUT2D eigenvalue weighted by molar-refractivity contribution is 14.1. The first-order chi connectivity index (χ1) is 7.04. The fourth-order valence-electron chi connectivity index (χ4n) is 1.25. The molecule has 2 rings (SSSR count). The van der Waals surface area contributed by atoms with Gasteiger partial charge in [0, 0.05) is 0 Å². The van der Waals surface area contributed by atoms with Crippen molar-refractivity contribution in [2.45, 2.75) is 19.3 Å². The van der Waals surface area contributed by atoms with E-state index in [1.165, 1.54) is 0 Å². The van der Waals surface area contributed by atoms with E-state index >= 15 is 0 Å². The first kappa shape index (κ1) is 10.4. The van der Waals surface area contributed by atoms with Crippen LogP contribution < -0.4 is 0 Å². The van der Waals surface area contributed by atoms with Crippen LogP contribution in [0.1, 0.15) is 19.4 Å². The molecule has 0 saturated carbocycles. The molecule has 0 unspecified atom stereocenters. The predicted octanol–water partition coefficient (Wildman–Crippen LogP) is 2.14. The number of aromatic nitrogens is 3. The first-order valence-corrected chi connectivity index (χ1v) is 5.53. The van der Waals surface area contributed by atoms with E-state index in [2.05, 4.69) is 38.7 Å². The molecule has 76 valence electrons. The van der Waals surface area contributed by atoms with Gasteiger partial charge in [0.1, 0.15) is 3.70 Å². The van der Waals surface area contributed by atoms with Crippen LogP contribution in [0.4, 0.5) is 0 Å². The van der Waals surface area contributed by atoms with Crippen molar-refractivity contribution in [1.82, 2.24) is 14.6 Å². The lowest BCUT2D eigenvalue weighted by molar-refractivity contribution is 0.676. The summed E-state index contributed by atoms with van der Waals surface area (Å²) in [6.45, 7) is 3.74. The molecule has 5 heteroatoms. The topological polar surface area (TPSA) is 54.0 Å². The number of hydrogen-bond acceptors (Lipinski definition) is 3. The van der Waals surface area contributed by atoms with Crippen molar-refractivity contribution in [2.75, 3.05) is 0 Å².